The highest BCUT2D eigenvalue weighted by Gasteiger charge is 2.34. The average molecular weight is 670 g/mol. The number of rotatable bonds is 20. The monoisotopic (exact) mass is 669 g/mol. The standard InChI is InChI=1S/C39H55N7OS/c1-7-11-14-16-17-19-26-45(25-18-15-12-8-2)39-42-34(31-23-21-28(5)22-24-31)37(48-39)41-33-29(6)32(27-40)38(47)46-36(33)43-35(44-46)30(10-4)20-13-9-3/h21-24,30H,7-20,25-26H2,1-6H3/b41-33-. The van der Waals surface area contributed by atoms with Crippen LogP contribution in [0, 0.1) is 18.3 Å². The molecule has 0 spiro atoms. The predicted molar refractivity (Wildman–Crippen MR) is 200 cm³/mol. The van der Waals surface area contributed by atoms with E-state index in [1.54, 1.807) is 18.3 Å². The van der Waals surface area contributed by atoms with E-state index in [1.807, 2.05) is 0 Å². The Morgan fingerprint density at radius 1 is 0.875 bits per heavy atom. The van der Waals surface area contributed by atoms with Crippen molar-refractivity contribution in [1.29, 1.82) is 5.26 Å². The normalized spacial score (nSPS) is 14.4. The van der Waals surface area contributed by atoms with Gasteiger partial charge in [0.25, 0.3) is 5.91 Å². The molecule has 0 bridgehead atoms. The van der Waals surface area contributed by atoms with Crippen molar-refractivity contribution in [3.63, 3.8) is 0 Å². The van der Waals surface area contributed by atoms with Gasteiger partial charge >= 0.3 is 0 Å². The van der Waals surface area contributed by atoms with Crippen molar-refractivity contribution in [2.24, 2.45) is 4.99 Å². The topological polar surface area (TPSA) is 100 Å². The van der Waals surface area contributed by atoms with Crippen molar-refractivity contribution in [2.75, 3.05) is 18.0 Å². The van der Waals surface area contributed by atoms with Crippen LogP contribution in [0.25, 0.3) is 11.3 Å². The van der Waals surface area contributed by atoms with Crippen molar-refractivity contribution in [2.45, 2.75) is 137 Å². The van der Waals surface area contributed by atoms with E-state index in [0.717, 1.165) is 73.0 Å². The van der Waals surface area contributed by atoms with Crippen LogP contribution >= 0.6 is 11.3 Å². The molecular weight excluding hydrogens is 615 g/mol. The fourth-order valence-electron chi connectivity index (χ4n) is 6.21. The van der Waals surface area contributed by atoms with Gasteiger partial charge in [-0.05, 0) is 39.5 Å². The summed E-state index contributed by atoms with van der Waals surface area (Å²) in [6.07, 6.45) is 16.3. The SMILES string of the molecule is CCCCCCCCN(CCCCCC)c1nc(-c2ccc(C)cc2)c(/N=C2/C(C)=C(C#N)C(=O)n3nc(C(CC)CCCC)nc32)s1. The molecule has 0 saturated heterocycles. The second-order valence-electron chi connectivity index (χ2n) is 13.2. The molecule has 1 atom stereocenters. The quantitative estimate of drug-likeness (QED) is 0.111. The van der Waals surface area contributed by atoms with Gasteiger partial charge in [-0.25, -0.2) is 15.0 Å². The van der Waals surface area contributed by atoms with Gasteiger partial charge in [0, 0.05) is 30.1 Å². The average Bonchev–Trinajstić information content (AvgIpc) is 3.72. The van der Waals surface area contributed by atoms with E-state index >= 15 is 0 Å². The van der Waals surface area contributed by atoms with Gasteiger partial charge in [-0.2, -0.15) is 9.94 Å². The summed E-state index contributed by atoms with van der Waals surface area (Å²) in [5.74, 6) is 0.767. The molecule has 3 heterocycles. The highest BCUT2D eigenvalue weighted by Crippen LogP contribution is 2.41. The van der Waals surface area contributed by atoms with Gasteiger partial charge in [-0.15, -0.1) is 5.10 Å². The molecule has 1 aliphatic heterocycles. The molecule has 0 fully saturated rings. The second-order valence-corrected chi connectivity index (χ2v) is 14.1. The van der Waals surface area contributed by atoms with Gasteiger partial charge in [0.15, 0.2) is 16.8 Å². The molecule has 0 N–H and O–H groups in total. The van der Waals surface area contributed by atoms with E-state index in [9.17, 15) is 10.1 Å². The zero-order valence-electron chi connectivity index (χ0n) is 30.1. The number of carbonyl (C=O) groups is 1. The number of allylic oxidation sites excluding steroid dienone is 2. The summed E-state index contributed by atoms with van der Waals surface area (Å²) in [5, 5.41) is 16.5. The molecule has 9 heteroatoms. The molecule has 258 valence electrons. The number of fused-ring (bicyclic) bond motifs is 1. The van der Waals surface area contributed by atoms with Crippen molar-refractivity contribution in [1.82, 2.24) is 19.7 Å². The first-order valence-corrected chi connectivity index (χ1v) is 19.2. The number of aromatic nitrogens is 4. The molecule has 4 rings (SSSR count). The maximum Gasteiger partial charge on any atom is 0.291 e. The van der Waals surface area contributed by atoms with Crippen LogP contribution in [0.1, 0.15) is 152 Å². The van der Waals surface area contributed by atoms with E-state index < -0.39 is 5.91 Å². The Morgan fingerprint density at radius 2 is 1.50 bits per heavy atom. The van der Waals surface area contributed by atoms with Crippen molar-refractivity contribution >= 4 is 33.1 Å². The molecule has 0 radical (unpaired) electrons. The lowest BCUT2D eigenvalue weighted by molar-refractivity contribution is 0.0941. The minimum absolute atomic E-state index is 0.0570. The fraction of sp³-hybridized carbons (Fsp3) is 0.590. The Morgan fingerprint density at radius 3 is 2.12 bits per heavy atom. The van der Waals surface area contributed by atoms with Crippen LogP contribution in [-0.4, -0.2) is 44.5 Å². The zero-order chi connectivity index (χ0) is 34.5. The highest BCUT2D eigenvalue weighted by atomic mass is 32.1. The smallest absolute Gasteiger partial charge is 0.291 e. The summed E-state index contributed by atoms with van der Waals surface area (Å²) in [6.45, 7) is 14.6. The third-order valence-corrected chi connectivity index (χ3v) is 10.3. The molecule has 8 nitrogen and oxygen atoms in total. The molecule has 2 aromatic heterocycles. The largest absolute Gasteiger partial charge is 0.348 e. The number of aliphatic imine (C=N–C) groups is 1. The first-order valence-electron chi connectivity index (χ1n) is 18.4. The summed E-state index contributed by atoms with van der Waals surface area (Å²) in [7, 11) is 0. The van der Waals surface area contributed by atoms with Crippen LogP contribution in [0.15, 0.2) is 40.4 Å². The van der Waals surface area contributed by atoms with Crippen molar-refractivity contribution in [3.8, 4) is 17.3 Å². The van der Waals surface area contributed by atoms with E-state index in [-0.39, 0.29) is 11.5 Å². The van der Waals surface area contributed by atoms with Gasteiger partial charge in [0.2, 0.25) is 0 Å². The van der Waals surface area contributed by atoms with Crippen LogP contribution in [-0.2, 0) is 0 Å². The summed E-state index contributed by atoms with van der Waals surface area (Å²) >= 11 is 1.59. The molecule has 48 heavy (non-hydrogen) atoms. The Balaban J connectivity index is 1.80. The lowest BCUT2D eigenvalue weighted by Gasteiger charge is -2.22. The van der Waals surface area contributed by atoms with E-state index in [4.69, 9.17) is 15.0 Å². The van der Waals surface area contributed by atoms with Gasteiger partial charge in [-0.1, -0.05) is 133 Å². The number of unbranched alkanes of at least 4 members (excludes halogenated alkanes) is 9. The third kappa shape index (κ3) is 9.28. The maximum absolute atomic E-state index is 13.4. The number of carbonyl (C=O) groups excluding carboxylic acids is 1. The maximum atomic E-state index is 13.4. The Kier molecular flexibility index (Phi) is 14.6. The summed E-state index contributed by atoms with van der Waals surface area (Å²) in [6, 6.07) is 10.5. The molecule has 1 aliphatic rings. The number of anilines is 1. The highest BCUT2D eigenvalue weighted by molar-refractivity contribution is 7.19. The summed E-state index contributed by atoms with van der Waals surface area (Å²) < 4.78 is 1.31. The fourth-order valence-corrected chi connectivity index (χ4v) is 7.23. The number of hydrogen-bond donors (Lipinski definition) is 0. The van der Waals surface area contributed by atoms with Crippen LogP contribution in [0.3, 0.4) is 0 Å². The zero-order valence-corrected chi connectivity index (χ0v) is 31.0. The Labute approximate surface area is 292 Å². The van der Waals surface area contributed by atoms with E-state index in [0.29, 0.717) is 22.9 Å². The molecule has 0 amide bonds. The number of hydrogen-bond acceptors (Lipinski definition) is 8. The van der Waals surface area contributed by atoms with E-state index in [1.165, 1.54) is 61.6 Å². The van der Waals surface area contributed by atoms with Crippen LogP contribution in [0.4, 0.5) is 10.1 Å². The lowest BCUT2D eigenvalue weighted by Crippen LogP contribution is -2.28. The summed E-state index contributed by atoms with van der Waals surface area (Å²) in [4.78, 5) is 31.3. The third-order valence-electron chi connectivity index (χ3n) is 9.32. The minimum atomic E-state index is -0.436. The second kappa shape index (κ2) is 18.8. The molecule has 1 aromatic carbocycles. The number of benzene rings is 1. The number of nitrogens with zero attached hydrogens (tertiary/aromatic N) is 7. The predicted octanol–water partition coefficient (Wildman–Crippen LogP) is 10.8. The van der Waals surface area contributed by atoms with Gasteiger partial charge in [-0.3, -0.25) is 4.79 Å². The van der Waals surface area contributed by atoms with Gasteiger partial charge < -0.3 is 4.90 Å². The van der Waals surface area contributed by atoms with Gasteiger partial charge in [0.1, 0.15) is 28.0 Å². The van der Waals surface area contributed by atoms with E-state index in [2.05, 4.69) is 75.0 Å². The summed E-state index contributed by atoms with van der Waals surface area (Å²) in [5.41, 5.74) is 4.09. The lowest BCUT2D eigenvalue weighted by atomic mass is 9.98. The molecule has 1 unspecified atom stereocenters. The van der Waals surface area contributed by atoms with Crippen LogP contribution in [0.2, 0.25) is 0 Å². The number of aryl methyl sites for hydroxylation is 1. The minimum Gasteiger partial charge on any atom is -0.348 e. The van der Waals surface area contributed by atoms with Gasteiger partial charge in [0.05, 0.1) is 0 Å². The number of thiazole rings is 1. The molecule has 3 aromatic rings. The molecular formula is C39H55N7OS. The number of nitriles is 1. The van der Waals surface area contributed by atoms with Crippen LogP contribution < -0.4 is 4.90 Å². The first-order chi connectivity index (χ1) is 23.4. The van der Waals surface area contributed by atoms with Crippen molar-refractivity contribution in [3.05, 3.63) is 52.6 Å². The Hall–Kier alpha value is -3.64. The first kappa shape index (κ1) is 37.2. The molecule has 0 saturated carbocycles. The van der Waals surface area contributed by atoms with Crippen molar-refractivity contribution < 1.29 is 4.79 Å². The Bertz CT molecular complexity index is 1590. The van der Waals surface area contributed by atoms with Crippen LogP contribution in [0.5, 0.6) is 0 Å². The molecule has 0 aliphatic carbocycles.